The third kappa shape index (κ3) is 3.26. The van der Waals surface area contributed by atoms with Crippen LogP contribution in [0, 0.1) is 18.8 Å². The smallest absolute Gasteiger partial charge is 0.310 e. The average molecular weight is 358 g/mol. The van der Waals surface area contributed by atoms with Crippen molar-refractivity contribution in [3.8, 4) is 5.69 Å². The van der Waals surface area contributed by atoms with Gasteiger partial charge in [0.2, 0.25) is 5.91 Å². The average Bonchev–Trinajstić information content (AvgIpc) is 3.10. The maximum Gasteiger partial charge on any atom is 0.416 e. The van der Waals surface area contributed by atoms with Crippen LogP contribution in [0.3, 0.4) is 0 Å². The van der Waals surface area contributed by atoms with E-state index in [1.807, 2.05) is 6.92 Å². The van der Waals surface area contributed by atoms with E-state index in [2.05, 4.69) is 10.4 Å². The second-order valence-corrected chi connectivity index (χ2v) is 6.46. The number of rotatable bonds is 3. The maximum atomic E-state index is 12.9. The zero-order valence-corrected chi connectivity index (χ0v) is 13.7. The van der Waals surface area contributed by atoms with Crippen molar-refractivity contribution in [3.05, 3.63) is 40.5 Å². The summed E-state index contributed by atoms with van der Waals surface area (Å²) in [7, 11) is 0. The molecule has 1 aromatic heterocycles. The first-order chi connectivity index (χ1) is 11.2. The van der Waals surface area contributed by atoms with Crippen molar-refractivity contribution in [2.45, 2.75) is 26.4 Å². The fraction of sp³-hybridized carbons (Fsp3) is 0.375. The number of carbonyl (C=O) groups excluding carboxylic acids is 1. The molecule has 1 heterocycles. The minimum absolute atomic E-state index is 0.0642. The Balaban J connectivity index is 1.99. The molecule has 1 fully saturated rings. The molecular weight excluding hydrogens is 343 g/mol. The van der Waals surface area contributed by atoms with Gasteiger partial charge in [-0.15, -0.1) is 0 Å². The fourth-order valence-corrected chi connectivity index (χ4v) is 2.73. The molecule has 128 valence electrons. The molecule has 2 atom stereocenters. The number of benzene rings is 1. The predicted octanol–water partition coefficient (Wildman–Crippen LogP) is 4.45. The van der Waals surface area contributed by atoms with Gasteiger partial charge in [0, 0.05) is 12.0 Å². The molecule has 8 heteroatoms. The number of nitrogens with zero attached hydrogens (tertiary/aromatic N) is 2. The molecule has 0 unspecified atom stereocenters. The van der Waals surface area contributed by atoms with Gasteiger partial charge in [0.15, 0.2) is 0 Å². The van der Waals surface area contributed by atoms with Gasteiger partial charge in [0.1, 0.15) is 5.82 Å². The Morgan fingerprint density at radius 2 is 2.04 bits per heavy atom. The molecule has 0 radical (unpaired) electrons. The summed E-state index contributed by atoms with van der Waals surface area (Å²) < 4.78 is 40.1. The Morgan fingerprint density at radius 1 is 1.38 bits per heavy atom. The van der Waals surface area contributed by atoms with Gasteiger partial charge in [-0.05, 0) is 37.5 Å². The fourth-order valence-electron chi connectivity index (χ4n) is 2.53. The zero-order chi connectivity index (χ0) is 17.6. The van der Waals surface area contributed by atoms with E-state index < -0.39 is 11.7 Å². The van der Waals surface area contributed by atoms with Crippen LogP contribution in [0.15, 0.2) is 24.3 Å². The molecule has 1 saturated carbocycles. The lowest BCUT2D eigenvalue weighted by Crippen LogP contribution is -2.17. The van der Waals surface area contributed by atoms with Crippen molar-refractivity contribution in [1.29, 1.82) is 0 Å². The van der Waals surface area contributed by atoms with Crippen molar-refractivity contribution < 1.29 is 18.0 Å². The van der Waals surface area contributed by atoms with Gasteiger partial charge in [0.25, 0.3) is 0 Å². The first-order valence-corrected chi connectivity index (χ1v) is 7.79. The number of anilines is 1. The highest BCUT2D eigenvalue weighted by Gasteiger charge is 2.39. The highest BCUT2D eigenvalue weighted by atomic mass is 35.5. The van der Waals surface area contributed by atoms with Crippen molar-refractivity contribution in [3.63, 3.8) is 0 Å². The molecule has 0 bridgehead atoms. The maximum absolute atomic E-state index is 12.9. The monoisotopic (exact) mass is 357 g/mol. The molecule has 1 amide bonds. The number of hydrogen-bond donors (Lipinski definition) is 1. The predicted molar refractivity (Wildman–Crippen MR) is 84.2 cm³/mol. The third-order valence-electron chi connectivity index (χ3n) is 4.03. The van der Waals surface area contributed by atoms with Crippen LogP contribution in [0.1, 0.15) is 24.6 Å². The molecule has 1 N–H and O–H groups in total. The van der Waals surface area contributed by atoms with E-state index in [0.717, 1.165) is 18.6 Å². The Hall–Kier alpha value is -2.02. The minimum Gasteiger partial charge on any atom is -0.310 e. The van der Waals surface area contributed by atoms with Gasteiger partial charge < -0.3 is 5.32 Å². The molecule has 1 aliphatic carbocycles. The number of halogens is 4. The van der Waals surface area contributed by atoms with E-state index >= 15 is 0 Å². The zero-order valence-electron chi connectivity index (χ0n) is 13.0. The Morgan fingerprint density at radius 3 is 2.62 bits per heavy atom. The minimum atomic E-state index is -4.49. The van der Waals surface area contributed by atoms with Crippen molar-refractivity contribution >= 4 is 23.3 Å². The molecule has 2 aromatic rings. The lowest BCUT2D eigenvalue weighted by Gasteiger charge is -2.13. The summed E-state index contributed by atoms with van der Waals surface area (Å²) in [6.07, 6.45) is -3.68. The van der Waals surface area contributed by atoms with Crippen LogP contribution in [-0.4, -0.2) is 15.7 Å². The molecule has 24 heavy (non-hydrogen) atoms. The molecule has 4 nitrogen and oxygen atoms in total. The summed E-state index contributed by atoms with van der Waals surface area (Å²) in [5.74, 6) is 0.398. The van der Waals surface area contributed by atoms with Gasteiger partial charge >= 0.3 is 6.18 Å². The molecule has 0 spiro atoms. The van der Waals surface area contributed by atoms with Crippen molar-refractivity contribution in [2.75, 3.05) is 5.32 Å². The topological polar surface area (TPSA) is 46.9 Å². The van der Waals surface area contributed by atoms with Crippen LogP contribution < -0.4 is 5.32 Å². The van der Waals surface area contributed by atoms with Crippen LogP contribution in [0.2, 0.25) is 5.02 Å². The van der Waals surface area contributed by atoms with E-state index in [1.54, 1.807) is 13.0 Å². The summed E-state index contributed by atoms with van der Waals surface area (Å²) >= 11 is 6.06. The second kappa shape index (κ2) is 5.81. The highest BCUT2D eigenvalue weighted by molar-refractivity contribution is 6.32. The van der Waals surface area contributed by atoms with Crippen LogP contribution in [0.25, 0.3) is 5.69 Å². The summed E-state index contributed by atoms with van der Waals surface area (Å²) in [5.41, 5.74) is -0.204. The van der Waals surface area contributed by atoms with Crippen molar-refractivity contribution in [1.82, 2.24) is 9.78 Å². The van der Waals surface area contributed by atoms with E-state index in [1.165, 1.54) is 10.7 Å². The molecule has 1 aliphatic rings. The summed E-state index contributed by atoms with van der Waals surface area (Å²) in [6, 6.07) is 4.60. The number of nitrogens with one attached hydrogen (secondary N) is 1. The second-order valence-electron chi connectivity index (χ2n) is 6.06. The van der Waals surface area contributed by atoms with Crippen LogP contribution in [0.4, 0.5) is 19.0 Å². The van der Waals surface area contributed by atoms with Gasteiger partial charge in [-0.2, -0.15) is 18.3 Å². The van der Waals surface area contributed by atoms with E-state index in [-0.39, 0.29) is 22.5 Å². The number of aromatic nitrogens is 2. The number of carbonyl (C=O) groups is 1. The molecule has 0 aliphatic heterocycles. The molecule has 0 saturated heterocycles. The largest absolute Gasteiger partial charge is 0.416 e. The lowest BCUT2D eigenvalue weighted by atomic mass is 10.2. The number of alkyl halides is 3. The SMILES string of the molecule is Cc1cc(NC(=O)[C@@H]2C[C@H]2C)n(-c2cc(C(F)(F)F)ccc2Cl)n1. The van der Waals surface area contributed by atoms with Gasteiger partial charge in [-0.25, -0.2) is 4.68 Å². The summed E-state index contributed by atoms with van der Waals surface area (Å²) in [5, 5.41) is 7.01. The van der Waals surface area contributed by atoms with Crippen molar-refractivity contribution in [2.24, 2.45) is 11.8 Å². The number of hydrogen-bond acceptors (Lipinski definition) is 2. The summed E-state index contributed by atoms with van der Waals surface area (Å²) in [4.78, 5) is 12.1. The Kier molecular flexibility index (Phi) is 4.07. The normalized spacial score (nSPS) is 20.1. The Bertz CT molecular complexity index is 800. The molecular formula is C16H15ClF3N3O. The summed E-state index contributed by atoms with van der Waals surface area (Å²) in [6.45, 7) is 3.66. The molecule has 3 rings (SSSR count). The first kappa shape index (κ1) is 16.8. The Labute approximate surface area is 141 Å². The lowest BCUT2D eigenvalue weighted by molar-refractivity contribution is -0.137. The van der Waals surface area contributed by atoms with Crippen LogP contribution in [0.5, 0.6) is 0 Å². The highest BCUT2D eigenvalue weighted by Crippen LogP contribution is 2.39. The quantitative estimate of drug-likeness (QED) is 0.882. The van der Waals surface area contributed by atoms with E-state index in [4.69, 9.17) is 11.6 Å². The van der Waals surface area contributed by atoms with Crippen LogP contribution in [-0.2, 0) is 11.0 Å². The van der Waals surface area contributed by atoms with Gasteiger partial charge in [-0.3, -0.25) is 4.79 Å². The van der Waals surface area contributed by atoms with E-state index in [0.29, 0.717) is 17.4 Å². The van der Waals surface area contributed by atoms with E-state index in [9.17, 15) is 18.0 Å². The number of aryl methyl sites for hydroxylation is 1. The van der Waals surface area contributed by atoms with Gasteiger partial charge in [-0.1, -0.05) is 18.5 Å². The molecule has 1 aromatic carbocycles. The first-order valence-electron chi connectivity index (χ1n) is 7.41. The third-order valence-corrected chi connectivity index (χ3v) is 4.35. The standard InChI is InChI=1S/C16H15ClF3N3O/c1-8-5-11(8)15(24)21-14-6-9(2)22-23(14)13-7-10(16(18,19)20)3-4-12(13)17/h3-4,6-8,11H,5H2,1-2H3,(H,21,24)/t8-,11-/m1/s1. The van der Waals surface area contributed by atoms with Crippen LogP contribution >= 0.6 is 11.6 Å². The van der Waals surface area contributed by atoms with Gasteiger partial charge in [0.05, 0.1) is 22.0 Å². The number of amides is 1.